The van der Waals surface area contributed by atoms with Crippen molar-refractivity contribution in [2.24, 2.45) is 0 Å². The summed E-state index contributed by atoms with van der Waals surface area (Å²) in [6.07, 6.45) is -1.01. The van der Waals surface area contributed by atoms with Gasteiger partial charge in [-0.2, -0.15) is 0 Å². The van der Waals surface area contributed by atoms with E-state index in [0.29, 0.717) is 32.8 Å². The third kappa shape index (κ3) is 4.27. The summed E-state index contributed by atoms with van der Waals surface area (Å²) in [5.74, 6) is -0.102. The maximum atomic E-state index is 12.1. The molecule has 0 spiro atoms. The van der Waals surface area contributed by atoms with Gasteiger partial charge in [0.05, 0.1) is 10.7 Å². The summed E-state index contributed by atoms with van der Waals surface area (Å²) >= 11 is 11.8. The molecule has 0 unspecified atom stereocenters. The Kier molecular flexibility index (Phi) is 5.34. The van der Waals surface area contributed by atoms with Crippen LogP contribution < -0.4 is 5.32 Å². The molecule has 0 fully saturated rings. The summed E-state index contributed by atoms with van der Waals surface area (Å²) in [5, 5.41) is 3.34. The highest BCUT2D eigenvalue weighted by Gasteiger charge is 2.22. The Labute approximate surface area is 143 Å². The van der Waals surface area contributed by atoms with E-state index in [2.05, 4.69) is 5.32 Å². The number of anilines is 1. The molecule has 0 aliphatic rings. The van der Waals surface area contributed by atoms with Crippen molar-refractivity contribution in [3.8, 4) is 0 Å². The highest BCUT2D eigenvalue weighted by Crippen LogP contribution is 2.25. The lowest BCUT2D eigenvalue weighted by Gasteiger charge is -2.14. The Morgan fingerprint density at radius 3 is 2.52 bits per heavy atom. The number of aryl methyl sites for hydroxylation is 2. The summed E-state index contributed by atoms with van der Waals surface area (Å²) in [6.45, 7) is 4.84. The fourth-order valence-corrected chi connectivity index (χ4v) is 2.28. The molecule has 122 valence electrons. The SMILES string of the molecule is Cc1cc(C(=O)O[C@H](C)C(=O)Nc2cc(Cl)ccc2Cl)c(C)o1. The third-order valence-electron chi connectivity index (χ3n) is 3.10. The number of nitrogens with one attached hydrogen (secondary N) is 1. The average molecular weight is 356 g/mol. The van der Waals surface area contributed by atoms with Crippen LogP contribution in [-0.4, -0.2) is 18.0 Å². The Bertz CT molecular complexity index is 755. The molecule has 1 aromatic carbocycles. The zero-order valence-corrected chi connectivity index (χ0v) is 14.3. The van der Waals surface area contributed by atoms with Crippen molar-refractivity contribution >= 4 is 40.8 Å². The number of hydrogen-bond acceptors (Lipinski definition) is 4. The lowest BCUT2D eigenvalue weighted by Crippen LogP contribution is -2.30. The first-order valence-electron chi connectivity index (χ1n) is 6.82. The lowest BCUT2D eigenvalue weighted by molar-refractivity contribution is -0.123. The van der Waals surface area contributed by atoms with Gasteiger partial charge in [-0.15, -0.1) is 0 Å². The molecule has 1 atom stereocenters. The maximum Gasteiger partial charge on any atom is 0.342 e. The van der Waals surface area contributed by atoms with Crippen LogP contribution in [0, 0.1) is 13.8 Å². The van der Waals surface area contributed by atoms with Crippen molar-refractivity contribution in [3.05, 3.63) is 51.4 Å². The second kappa shape index (κ2) is 7.06. The molecule has 5 nitrogen and oxygen atoms in total. The maximum absolute atomic E-state index is 12.1. The minimum Gasteiger partial charge on any atom is -0.466 e. The van der Waals surface area contributed by atoms with Gasteiger partial charge in [-0.1, -0.05) is 23.2 Å². The van der Waals surface area contributed by atoms with Crippen LogP contribution in [-0.2, 0) is 9.53 Å². The van der Waals surface area contributed by atoms with Crippen molar-refractivity contribution in [2.45, 2.75) is 26.9 Å². The van der Waals surface area contributed by atoms with Gasteiger partial charge in [-0.05, 0) is 45.0 Å². The number of benzene rings is 1. The van der Waals surface area contributed by atoms with E-state index in [4.69, 9.17) is 32.4 Å². The van der Waals surface area contributed by atoms with Gasteiger partial charge in [-0.25, -0.2) is 4.79 Å². The van der Waals surface area contributed by atoms with E-state index < -0.39 is 18.0 Å². The summed E-state index contributed by atoms with van der Waals surface area (Å²) < 4.78 is 10.4. The van der Waals surface area contributed by atoms with Crippen LogP contribution in [0.1, 0.15) is 28.8 Å². The molecule has 0 saturated carbocycles. The van der Waals surface area contributed by atoms with Crippen LogP contribution in [0.15, 0.2) is 28.7 Å². The normalized spacial score (nSPS) is 11.9. The summed E-state index contributed by atoms with van der Waals surface area (Å²) in [5.41, 5.74) is 0.644. The van der Waals surface area contributed by atoms with Crippen molar-refractivity contribution in [3.63, 3.8) is 0 Å². The minimum atomic E-state index is -1.01. The number of rotatable bonds is 4. The smallest absolute Gasteiger partial charge is 0.342 e. The van der Waals surface area contributed by atoms with Gasteiger partial charge in [0.25, 0.3) is 5.91 Å². The zero-order valence-electron chi connectivity index (χ0n) is 12.8. The molecule has 0 saturated heterocycles. The zero-order chi connectivity index (χ0) is 17.1. The van der Waals surface area contributed by atoms with Crippen molar-refractivity contribution in [1.29, 1.82) is 0 Å². The average Bonchev–Trinajstić information content (AvgIpc) is 2.81. The molecule has 7 heteroatoms. The first-order chi connectivity index (χ1) is 10.8. The highest BCUT2D eigenvalue weighted by molar-refractivity contribution is 6.35. The van der Waals surface area contributed by atoms with Crippen LogP contribution >= 0.6 is 23.2 Å². The number of hydrogen-bond donors (Lipinski definition) is 1. The Balaban J connectivity index is 2.04. The molecule has 0 aliphatic heterocycles. The Morgan fingerprint density at radius 1 is 1.22 bits per heavy atom. The second-order valence-electron chi connectivity index (χ2n) is 4.99. The molecular formula is C16H15Cl2NO4. The van der Waals surface area contributed by atoms with E-state index in [1.54, 1.807) is 32.0 Å². The van der Waals surface area contributed by atoms with Gasteiger partial charge >= 0.3 is 5.97 Å². The molecule has 1 amide bonds. The van der Waals surface area contributed by atoms with Gasteiger partial charge in [0.15, 0.2) is 6.10 Å². The number of carbonyl (C=O) groups is 2. The molecule has 1 heterocycles. The molecule has 23 heavy (non-hydrogen) atoms. The summed E-state index contributed by atoms with van der Waals surface area (Å²) in [4.78, 5) is 24.2. The lowest BCUT2D eigenvalue weighted by atomic mass is 10.2. The van der Waals surface area contributed by atoms with Crippen LogP contribution in [0.3, 0.4) is 0 Å². The van der Waals surface area contributed by atoms with Gasteiger partial charge < -0.3 is 14.5 Å². The molecule has 1 aromatic heterocycles. The number of amides is 1. The number of ether oxygens (including phenoxy) is 1. The second-order valence-corrected chi connectivity index (χ2v) is 5.83. The number of halogens is 2. The topological polar surface area (TPSA) is 68.5 Å². The first kappa shape index (κ1) is 17.4. The van der Waals surface area contributed by atoms with E-state index in [-0.39, 0.29) is 0 Å². The van der Waals surface area contributed by atoms with Crippen LogP contribution in [0.2, 0.25) is 10.0 Å². The predicted molar refractivity (Wildman–Crippen MR) is 88.2 cm³/mol. The van der Waals surface area contributed by atoms with Crippen molar-refractivity contribution in [2.75, 3.05) is 5.32 Å². The standard InChI is InChI=1S/C16H15Cl2NO4/c1-8-6-12(9(2)22-8)16(21)23-10(3)15(20)19-14-7-11(17)4-5-13(14)18/h4-7,10H,1-3H3,(H,19,20)/t10-/m1/s1. The molecular weight excluding hydrogens is 341 g/mol. The summed E-state index contributed by atoms with van der Waals surface area (Å²) in [7, 11) is 0. The van der Waals surface area contributed by atoms with Crippen LogP contribution in [0.4, 0.5) is 5.69 Å². The predicted octanol–water partition coefficient (Wildman–Crippen LogP) is 4.39. The monoisotopic (exact) mass is 355 g/mol. The van der Waals surface area contributed by atoms with Crippen LogP contribution in [0.25, 0.3) is 0 Å². The molecule has 1 N–H and O–H groups in total. The van der Waals surface area contributed by atoms with E-state index in [1.807, 2.05) is 0 Å². The number of furan rings is 1. The largest absolute Gasteiger partial charge is 0.466 e. The highest BCUT2D eigenvalue weighted by atomic mass is 35.5. The molecule has 2 rings (SSSR count). The molecule has 0 aliphatic carbocycles. The first-order valence-corrected chi connectivity index (χ1v) is 7.57. The molecule has 2 aromatic rings. The van der Waals surface area contributed by atoms with E-state index in [0.717, 1.165) is 0 Å². The Hall–Kier alpha value is -1.98. The molecule has 0 radical (unpaired) electrons. The minimum absolute atomic E-state index is 0.294. The van der Waals surface area contributed by atoms with Crippen molar-refractivity contribution in [1.82, 2.24) is 0 Å². The van der Waals surface area contributed by atoms with Gasteiger partial charge in [-0.3, -0.25) is 4.79 Å². The van der Waals surface area contributed by atoms with Gasteiger partial charge in [0.2, 0.25) is 0 Å². The Morgan fingerprint density at radius 2 is 1.91 bits per heavy atom. The number of carbonyl (C=O) groups excluding carboxylic acids is 2. The van der Waals surface area contributed by atoms with Crippen molar-refractivity contribution < 1.29 is 18.7 Å². The van der Waals surface area contributed by atoms with E-state index >= 15 is 0 Å². The van der Waals surface area contributed by atoms with E-state index in [1.165, 1.54) is 13.0 Å². The third-order valence-corrected chi connectivity index (χ3v) is 3.66. The van der Waals surface area contributed by atoms with E-state index in [9.17, 15) is 9.59 Å². The van der Waals surface area contributed by atoms with Gasteiger partial charge in [0, 0.05) is 5.02 Å². The van der Waals surface area contributed by atoms with Gasteiger partial charge in [0.1, 0.15) is 17.1 Å². The number of esters is 1. The van der Waals surface area contributed by atoms with Crippen LogP contribution in [0.5, 0.6) is 0 Å². The molecule has 0 bridgehead atoms. The summed E-state index contributed by atoms with van der Waals surface area (Å²) in [6, 6.07) is 6.25. The quantitative estimate of drug-likeness (QED) is 0.825. The fraction of sp³-hybridized carbons (Fsp3) is 0.250. The fourth-order valence-electron chi connectivity index (χ4n) is 1.94.